The summed E-state index contributed by atoms with van der Waals surface area (Å²) >= 11 is 1.49. The summed E-state index contributed by atoms with van der Waals surface area (Å²) in [6.07, 6.45) is 4.58. The number of aromatic nitrogens is 6. The quantitative estimate of drug-likeness (QED) is 0.698. The van der Waals surface area contributed by atoms with Crippen molar-refractivity contribution in [2.45, 2.75) is 52.0 Å². The van der Waals surface area contributed by atoms with Gasteiger partial charge in [-0.1, -0.05) is 18.3 Å². The van der Waals surface area contributed by atoms with Crippen LogP contribution in [0.4, 0.5) is 5.13 Å². The molecule has 138 valence electrons. The molecule has 0 bridgehead atoms. The average molecular weight is 373 g/mol. The molecular weight excluding hydrogens is 350 g/mol. The molecule has 0 spiro atoms. The molecular formula is C17H23N7OS. The second-order valence-corrected chi connectivity index (χ2v) is 7.90. The van der Waals surface area contributed by atoms with Crippen LogP contribution in [0.1, 0.15) is 57.1 Å². The first kappa shape index (κ1) is 17.1. The van der Waals surface area contributed by atoms with Gasteiger partial charge in [0.05, 0.1) is 0 Å². The minimum atomic E-state index is -0.103. The highest BCUT2D eigenvalue weighted by molar-refractivity contribution is 7.20. The van der Waals surface area contributed by atoms with Crippen LogP contribution in [0.15, 0.2) is 17.2 Å². The number of rotatable bonds is 4. The minimum absolute atomic E-state index is 0.103. The Kier molecular flexibility index (Phi) is 4.47. The predicted octanol–water partition coefficient (Wildman–Crippen LogP) is 2.27. The average Bonchev–Trinajstić information content (AvgIpc) is 3.29. The Bertz CT molecular complexity index is 965. The predicted molar refractivity (Wildman–Crippen MR) is 101 cm³/mol. The summed E-state index contributed by atoms with van der Waals surface area (Å²) in [6, 6.07) is 1.94. The Balaban J connectivity index is 1.53. The Morgan fingerprint density at radius 1 is 1.31 bits per heavy atom. The number of aryl methyl sites for hydroxylation is 1. The first-order valence-corrected chi connectivity index (χ1v) is 9.92. The van der Waals surface area contributed by atoms with Crippen molar-refractivity contribution >= 4 is 21.4 Å². The van der Waals surface area contributed by atoms with Gasteiger partial charge in [-0.05, 0) is 33.1 Å². The van der Waals surface area contributed by atoms with Crippen LogP contribution in [-0.2, 0) is 6.42 Å². The molecule has 1 saturated heterocycles. The molecule has 26 heavy (non-hydrogen) atoms. The van der Waals surface area contributed by atoms with E-state index in [1.165, 1.54) is 15.9 Å². The summed E-state index contributed by atoms with van der Waals surface area (Å²) in [5.74, 6) is 1.49. The molecule has 1 aliphatic heterocycles. The number of anilines is 1. The van der Waals surface area contributed by atoms with Gasteiger partial charge in [0.2, 0.25) is 10.1 Å². The molecule has 0 atom stereocenters. The lowest BCUT2D eigenvalue weighted by molar-refractivity contribution is 0.448. The van der Waals surface area contributed by atoms with Crippen molar-refractivity contribution in [1.82, 2.24) is 29.4 Å². The molecule has 4 rings (SSSR count). The zero-order chi connectivity index (χ0) is 18.3. The highest BCUT2D eigenvalue weighted by atomic mass is 32.1. The van der Waals surface area contributed by atoms with Crippen LogP contribution >= 0.6 is 11.3 Å². The van der Waals surface area contributed by atoms with Crippen molar-refractivity contribution in [2.75, 3.05) is 18.0 Å². The molecule has 0 radical (unpaired) electrons. The van der Waals surface area contributed by atoms with E-state index in [0.717, 1.165) is 49.0 Å². The van der Waals surface area contributed by atoms with Gasteiger partial charge in [0, 0.05) is 36.8 Å². The van der Waals surface area contributed by atoms with E-state index in [1.807, 2.05) is 13.3 Å². The molecule has 9 heteroatoms. The van der Waals surface area contributed by atoms with E-state index in [2.05, 4.69) is 43.6 Å². The highest BCUT2D eigenvalue weighted by Gasteiger charge is 2.27. The zero-order valence-electron chi connectivity index (χ0n) is 15.3. The van der Waals surface area contributed by atoms with E-state index >= 15 is 0 Å². The van der Waals surface area contributed by atoms with E-state index in [9.17, 15) is 4.79 Å². The van der Waals surface area contributed by atoms with Crippen molar-refractivity contribution in [3.8, 4) is 0 Å². The molecule has 0 saturated carbocycles. The van der Waals surface area contributed by atoms with Crippen molar-refractivity contribution < 1.29 is 0 Å². The standard InChI is InChI=1S/C17H23N7OS/c1-4-13-9-14(25)24-16(19-13)26-17(21-24)22-7-5-12(6-8-22)15-20-18-10-23(15)11(2)3/h9-12H,4-8H2,1-3H3. The molecule has 0 N–H and O–H groups in total. The molecule has 8 nitrogen and oxygen atoms in total. The maximum atomic E-state index is 12.2. The third-order valence-electron chi connectivity index (χ3n) is 4.94. The summed E-state index contributed by atoms with van der Waals surface area (Å²) in [5, 5.41) is 13.8. The number of nitrogens with zero attached hydrogens (tertiary/aromatic N) is 7. The molecule has 0 aliphatic carbocycles. The van der Waals surface area contributed by atoms with Gasteiger partial charge in [-0.3, -0.25) is 4.79 Å². The largest absolute Gasteiger partial charge is 0.347 e. The molecule has 1 aliphatic rings. The maximum Gasteiger partial charge on any atom is 0.275 e. The van der Waals surface area contributed by atoms with Crippen LogP contribution in [0.2, 0.25) is 0 Å². The lowest BCUT2D eigenvalue weighted by atomic mass is 9.96. The molecule has 4 heterocycles. The van der Waals surface area contributed by atoms with Crippen LogP contribution < -0.4 is 10.5 Å². The van der Waals surface area contributed by atoms with E-state index in [0.29, 0.717) is 16.9 Å². The number of hydrogen-bond acceptors (Lipinski definition) is 7. The van der Waals surface area contributed by atoms with E-state index < -0.39 is 0 Å². The third kappa shape index (κ3) is 3.00. The zero-order valence-corrected chi connectivity index (χ0v) is 16.1. The van der Waals surface area contributed by atoms with Crippen molar-refractivity contribution in [1.29, 1.82) is 0 Å². The molecule has 3 aromatic heterocycles. The third-order valence-corrected chi connectivity index (χ3v) is 5.91. The second-order valence-electron chi connectivity index (χ2n) is 6.97. The SMILES string of the molecule is CCc1cc(=O)n2nc(N3CCC(c4nncn4C(C)C)CC3)sc2n1. The molecule has 0 aromatic carbocycles. The molecule has 0 unspecified atom stereocenters. The van der Waals surface area contributed by atoms with Gasteiger partial charge in [-0.15, -0.1) is 15.3 Å². The number of piperidine rings is 1. The van der Waals surface area contributed by atoms with Gasteiger partial charge < -0.3 is 9.47 Å². The lowest BCUT2D eigenvalue weighted by Crippen LogP contribution is -2.34. The summed E-state index contributed by atoms with van der Waals surface area (Å²) < 4.78 is 3.58. The summed E-state index contributed by atoms with van der Waals surface area (Å²) in [7, 11) is 0. The Morgan fingerprint density at radius 3 is 2.77 bits per heavy atom. The Hall–Kier alpha value is -2.29. The molecule has 0 amide bonds. The van der Waals surface area contributed by atoms with Crippen LogP contribution in [0.25, 0.3) is 4.96 Å². The normalized spacial score (nSPS) is 16.1. The Morgan fingerprint density at radius 2 is 2.08 bits per heavy atom. The van der Waals surface area contributed by atoms with Crippen molar-refractivity contribution in [3.05, 3.63) is 34.3 Å². The lowest BCUT2D eigenvalue weighted by Gasteiger charge is -2.31. The number of hydrogen-bond donors (Lipinski definition) is 0. The van der Waals surface area contributed by atoms with E-state index in [4.69, 9.17) is 0 Å². The van der Waals surface area contributed by atoms with Crippen LogP contribution in [-0.4, -0.2) is 42.5 Å². The second kappa shape index (κ2) is 6.79. The molecule has 1 fully saturated rings. The maximum absolute atomic E-state index is 12.2. The van der Waals surface area contributed by atoms with Crippen molar-refractivity contribution in [2.24, 2.45) is 0 Å². The summed E-state index contributed by atoms with van der Waals surface area (Å²) in [5.41, 5.74) is 0.714. The van der Waals surface area contributed by atoms with Crippen molar-refractivity contribution in [3.63, 3.8) is 0 Å². The van der Waals surface area contributed by atoms with Crippen LogP contribution in [0.5, 0.6) is 0 Å². The first-order valence-electron chi connectivity index (χ1n) is 9.11. The summed E-state index contributed by atoms with van der Waals surface area (Å²) in [6.45, 7) is 8.09. The van der Waals surface area contributed by atoms with Gasteiger partial charge in [0.15, 0.2) is 0 Å². The fourth-order valence-corrected chi connectivity index (χ4v) is 4.40. The van der Waals surface area contributed by atoms with Gasteiger partial charge in [-0.2, -0.15) is 4.52 Å². The van der Waals surface area contributed by atoms with Gasteiger partial charge in [-0.25, -0.2) is 4.98 Å². The minimum Gasteiger partial charge on any atom is -0.347 e. The van der Waals surface area contributed by atoms with Crippen LogP contribution in [0.3, 0.4) is 0 Å². The fourth-order valence-electron chi connectivity index (χ4n) is 3.43. The smallest absolute Gasteiger partial charge is 0.275 e. The van der Waals surface area contributed by atoms with E-state index in [1.54, 1.807) is 6.07 Å². The highest BCUT2D eigenvalue weighted by Crippen LogP contribution is 2.31. The first-order chi connectivity index (χ1) is 12.6. The van der Waals surface area contributed by atoms with E-state index in [-0.39, 0.29) is 5.56 Å². The Labute approximate surface area is 155 Å². The topological polar surface area (TPSA) is 81.2 Å². The van der Waals surface area contributed by atoms with Gasteiger partial charge >= 0.3 is 0 Å². The van der Waals surface area contributed by atoms with Gasteiger partial charge in [0.1, 0.15) is 12.2 Å². The fraction of sp³-hybridized carbons (Fsp3) is 0.588. The summed E-state index contributed by atoms with van der Waals surface area (Å²) in [4.78, 5) is 19.6. The van der Waals surface area contributed by atoms with Gasteiger partial charge in [0.25, 0.3) is 5.56 Å². The van der Waals surface area contributed by atoms with Crippen LogP contribution in [0, 0.1) is 0 Å². The monoisotopic (exact) mass is 373 g/mol. The number of fused-ring (bicyclic) bond motifs is 1. The molecule has 3 aromatic rings.